The van der Waals surface area contributed by atoms with Gasteiger partial charge in [-0.15, -0.1) is 0 Å². The van der Waals surface area contributed by atoms with Crippen LogP contribution in [0.2, 0.25) is 0 Å². The van der Waals surface area contributed by atoms with Gasteiger partial charge >= 0.3 is 6.03 Å². The van der Waals surface area contributed by atoms with Crippen molar-refractivity contribution < 1.29 is 4.79 Å². The predicted octanol–water partition coefficient (Wildman–Crippen LogP) is 3.72. The SMILES string of the molecule is CCNc1nc(C)cc(N2CCN(C(=O)Nc3ccc4ccccc4c3)CC2)n1. The highest BCUT2D eigenvalue weighted by molar-refractivity contribution is 5.93. The van der Waals surface area contributed by atoms with Gasteiger partial charge in [-0.3, -0.25) is 0 Å². The standard InChI is InChI=1S/C22H26N6O/c1-3-23-21-24-16(2)14-20(26-21)27-10-12-28(13-11-27)22(29)25-19-9-8-17-6-4-5-7-18(17)15-19/h4-9,14-15H,3,10-13H2,1-2H3,(H,25,29)(H,23,24,26). The van der Waals surface area contributed by atoms with Crippen LogP contribution in [0.5, 0.6) is 0 Å². The van der Waals surface area contributed by atoms with Gasteiger partial charge in [-0.1, -0.05) is 30.3 Å². The average Bonchev–Trinajstić information content (AvgIpc) is 2.73. The zero-order valence-electron chi connectivity index (χ0n) is 16.9. The van der Waals surface area contributed by atoms with Gasteiger partial charge in [0, 0.05) is 50.2 Å². The number of fused-ring (bicyclic) bond motifs is 1. The zero-order chi connectivity index (χ0) is 20.2. The van der Waals surface area contributed by atoms with Gasteiger partial charge in [-0.2, -0.15) is 4.98 Å². The van der Waals surface area contributed by atoms with Crippen molar-refractivity contribution in [3.05, 3.63) is 54.2 Å². The molecular formula is C22H26N6O. The quantitative estimate of drug-likeness (QED) is 0.710. The highest BCUT2D eigenvalue weighted by atomic mass is 16.2. The summed E-state index contributed by atoms with van der Waals surface area (Å²) in [5.41, 5.74) is 1.75. The van der Waals surface area contributed by atoms with E-state index < -0.39 is 0 Å². The number of hydrogen-bond donors (Lipinski definition) is 2. The average molecular weight is 390 g/mol. The molecule has 2 amide bonds. The van der Waals surface area contributed by atoms with Crippen LogP contribution in [-0.4, -0.2) is 53.6 Å². The van der Waals surface area contributed by atoms with E-state index in [1.54, 1.807) is 0 Å². The molecular weight excluding hydrogens is 364 g/mol. The second-order valence-corrected chi connectivity index (χ2v) is 7.19. The molecule has 2 heterocycles. The van der Waals surface area contributed by atoms with Gasteiger partial charge in [-0.25, -0.2) is 9.78 Å². The zero-order valence-corrected chi connectivity index (χ0v) is 16.9. The van der Waals surface area contributed by atoms with Crippen molar-refractivity contribution in [3.8, 4) is 0 Å². The Labute approximate surface area is 170 Å². The molecule has 1 fully saturated rings. The molecule has 0 bridgehead atoms. The first-order valence-corrected chi connectivity index (χ1v) is 10.0. The molecule has 0 atom stereocenters. The maximum atomic E-state index is 12.7. The van der Waals surface area contributed by atoms with Crippen LogP contribution in [0.4, 0.5) is 22.2 Å². The van der Waals surface area contributed by atoms with Crippen LogP contribution in [-0.2, 0) is 0 Å². The van der Waals surface area contributed by atoms with E-state index in [0.29, 0.717) is 19.0 Å². The van der Waals surface area contributed by atoms with E-state index in [1.807, 2.05) is 55.1 Å². The summed E-state index contributed by atoms with van der Waals surface area (Å²) in [6, 6.07) is 16.0. The second kappa shape index (κ2) is 8.34. The first-order chi connectivity index (χ1) is 14.1. The van der Waals surface area contributed by atoms with Gasteiger partial charge in [0.15, 0.2) is 0 Å². The molecule has 3 aromatic rings. The number of anilines is 3. The molecule has 0 unspecified atom stereocenters. The Morgan fingerprint density at radius 2 is 1.76 bits per heavy atom. The number of aromatic nitrogens is 2. The monoisotopic (exact) mass is 390 g/mol. The number of rotatable bonds is 4. The van der Waals surface area contributed by atoms with Crippen LogP contribution in [0.25, 0.3) is 10.8 Å². The van der Waals surface area contributed by atoms with Crippen LogP contribution in [0.1, 0.15) is 12.6 Å². The van der Waals surface area contributed by atoms with E-state index in [0.717, 1.165) is 47.6 Å². The molecule has 2 N–H and O–H groups in total. The van der Waals surface area contributed by atoms with Crippen LogP contribution < -0.4 is 15.5 Å². The molecule has 29 heavy (non-hydrogen) atoms. The Bertz CT molecular complexity index is 1010. The van der Waals surface area contributed by atoms with E-state index in [4.69, 9.17) is 0 Å². The first kappa shape index (κ1) is 19.0. The number of aryl methyl sites for hydroxylation is 1. The fraction of sp³-hybridized carbons (Fsp3) is 0.318. The number of nitrogens with zero attached hydrogens (tertiary/aromatic N) is 4. The van der Waals surface area contributed by atoms with E-state index >= 15 is 0 Å². The lowest BCUT2D eigenvalue weighted by Crippen LogP contribution is -2.50. The number of carbonyl (C=O) groups excluding carboxylic acids is 1. The molecule has 0 radical (unpaired) electrons. The number of piperazine rings is 1. The van der Waals surface area contributed by atoms with Gasteiger partial charge in [0.25, 0.3) is 0 Å². The molecule has 1 aliphatic heterocycles. The largest absolute Gasteiger partial charge is 0.354 e. The van der Waals surface area contributed by atoms with Crippen molar-refractivity contribution in [2.24, 2.45) is 0 Å². The lowest BCUT2D eigenvalue weighted by molar-refractivity contribution is 0.208. The summed E-state index contributed by atoms with van der Waals surface area (Å²) >= 11 is 0. The summed E-state index contributed by atoms with van der Waals surface area (Å²) in [5, 5.41) is 8.48. The van der Waals surface area contributed by atoms with Gasteiger partial charge in [-0.05, 0) is 36.8 Å². The van der Waals surface area contributed by atoms with Gasteiger partial charge in [0.2, 0.25) is 5.95 Å². The Kier molecular flexibility index (Phi) is 5.46. The topological polar surface area (TPSA) is 73.4 Å². The van der Waals surface area contributed by atoms with E-state index in [1.165, 1.54) is 0 Å². The summed E-state index contributed by atoms with van der Waals surface area (Å²) < 4.78 is 0. The van der Waals surface area contributed by atoms with Crippen LogP contribution in [0.3, 0.4) is 0 Å². The smallest absolute Gasteiger partial charge is 0.321 e. The number of benzene rings is 2. The first-order valence-electron chi connectivity index (χ1n) is 10.0. The summed E-state index contributed by atoms with van der Waals surface area (Å²) in [5.74, 6) is 1.56. The van der Waals surface area contributed by atoms with E-state index in [-0.39, 0.29) is 6.03 Å². The van der Waals surface area contributed by atoms with E-state index in [2.05, 4.69) is 37.6 Å². The number of nitrogens with one attached hydrogen (secondary N) is 2. The Morgan fingerprint density at radius 3 is 2.52 bits per heavy atom. The normalized spacial score (nSPS) is 14.1. The van der Waals surface area contributed by atoms with Gasteiger partial charge in [0.1, 0.15) is 5.82 Å². The fourth-order valence-electron chi connectivity index (χ4n) is 3.56. The maximum absolute atomic E-state index is 12.7. The third-order valence-corrected chi connectivity index (χ3v) is 5.07. The lowest BCUT2D eigenvalue weighted by atomic mass is 10.1. The number of amides is 2. The van der Waals surface area contributed by atoms with Crippen molar-refractivity contribution in [3.63, 3.8) is 0 Å². The number of hydrogen-bond acceptors (Lipinski definition) is 5. The van der Waals surface area contributed by atoms with Crippen LogP contribution in [0.15, 0.2) is 48.5 Å². The van der Waals surface area contributed by atoms with Crippen LogP contribution in [0, 0.1) is 6.92 Å². The molecule has 4 rings (SSSR count). The molecule has 2 aromatic carbocycles. The minimum Gasteiger partial charge on any atom is -0.354 e. The molecule has 1 aromatic heterocycles. The maximum Gasteiger partial charge on any atom is 0.321 e. The van der Waals surface area contributed by atoms with Gasteiger partial charge < -0.3 is 20.4 Å². The summed E-state index contributed by atoms with van der Waals surface area (Å²) in [6.07, 6.45) is 0. The number of carbonyl (C=O) groups is 1. The van der Waals surface area contributed by atoms with Crippen molar-refractivity contribution in [1.82, 2.24) is 14.9 Å². The van der Waals surface area contributed by atoms with Gasteiger partial charge in [0.05, 0.1) is 0 Å². The highest BCUT2D eigenvalue weighted by Gasteiger charge is 2.22. The molecule has 7 heteroatoms. The van der Waals surface area contributed by atoms with E-state index in [9.17, 15) is 4.79 Å². The molecule has 7 nitrogen and oxygen atoms in total. The molecule has 0 spiro atoms. The second-order valence-electron chi connectivity index (χ2n) is 7.19. The Balaban J connectivity index is 1.38. The minimum absolute atomic E-state index is 0.0628. The third kappa shape index (κ3) is 4.39. The Morgan fingerprint density at radius 1 is 1.00 bits per heavy atom. The number of urea groups is 1. The van der Waals surface area contributed by atoms with Crippen molar-refractivity contribution in [1.29, 1.82) is 0 Å². The summed E-state index contributed by atoms with van der Waals surface area (Å²) in [7, 11) is 0. The van der Waals surface area contributed by atoms with Crippen molar-refractivity contribution >= 4 is 34.3 Å². The highest BCUT2D eigenvalue weighted by Crippen LogP contribution is 2.20. The van der Waals surface area contributed by atoms with Crippen LogP contribution >= 0.6 is 0 Å². The summed E-state index contributed by atoms with van der Waals surface area (Å²) in [4.78, 5) is 25.8. The minimum atomic E-state index is -0.0628. The lowest BCUT2D eigenvalue weighted by Gasteiger charge is -2.35. The molecule has 0 aliphatic carbocycles. The summed E-state index contributed by atoms with van der Waals surface area (Å²) in [6.45, 7) is 7.57. The molecule has 1 aliphatic rings. The third-order valence-electron chi connectivity index (χ3n) is 5.07. The van der Waals surface area contributed by atoms with Crippen molar-refractivity contribution in [2.75, 3.05) is 48.3 Å². The van der Waals surface area contributed by atoms with Crippen molar-refractivity contribution in [2.45, 2.75) is 13.8 Å². The predicted molar refractivity (Wildman–Crippen MR) is 118 cm³/mol. The molecule has 150 valence electrons. The molecule has 0 saturated carbocycles. The molecule has 1 saturated heterocycles. The Hall–Kier alpha value is -3.35. The fourth-order valence-corrected chi connectivity index (χ4v) is 3.56.